The van der Waals surface area contributed by atoms with Crippen LogP contribution in [-0.4, -0.2) is 82.2 Å². The number of halogens is 1. The van der Waals surface area contributed by atoms with E-state index in [1.54, 1.807) is 19.2 Å². The molecule has 7 nitrogen and oxygen atoms in total. The average Bonchev–Trinajstić information content (AvgIpc) is 2.67. The number of piperazine rings is 1. The molecule has 0 unspecified atom stereocenters. The van der Waals surface area contributed by atoms with Crippen LogP contribution in [0.1, 0.15) is 13.8 Å². The van der Waals surface area contributed by atoms with Crippen LogP contribution in [0.4, 0.5) is 10.1 Å². The number of nitrogens with one attached hydrogen (secondary N) is 1. The van der Waals surface area contributed by atoms with Gasteiger partial charge in [0.25, 0.3) is 0 Å². The first kappa shape index (κ1) is 21.4. The van der Waals surface area contributed by atoms with Crippen LogP contribution in [0.15, 0.2) is 29.3 Å². The lowest BCUT2D eigenvalue weighted by Crippen LogP contribution is -2.53. The Labute approximate surface area is 161 Å². The summed E-state index contributed by atoms with van der Waals surface area (Å²) >= 11 is 0. The summed E-state index contributed by atoms with van der Waals surface area (Å²) < 4.78 is 39.9. The topological polar surface area (TPSA) is 68.2 Å². The Balaban J connectivity index is 1.86. The number of rotatable bonds is 7. The van der Waals surface area contributed by atoms with E-state index in [-0.39, 0.29) is 11.6 Å². The maximum atomic E-state index is 13.9. The molecule has 0 radical (unpaired) electrons. The highest BCUT2D eigenvalue weighted by Crippen LogP contribution is 2.20. The molecule has 0 saturated carbocycles. The van der Waals surface area contributed by atoms with Crippen molar-refractivity contribution in [2.45, 2.75) is 13.8 Å². The average molecular weight is 400 g/mol. The molecule has 1 aliphatic heterocycles. The van der Waals surface area contributed by atoms with E-state index in [1.165, 1.54) is 10.4 Å². The lowest BCUT2D eigenvalue weighted by atomic mass is 10.2. The molecule has 0 amide bonds. The largest absolute Gasteiger partial charge is 0.366 e. The molecule has 152 valence electrons. The maximum absolute atomic E-state index is 13.9. The molecule has 0 bridgehead atoms. The number of anilines is 1. The Morgan fingerprint density at radius 2 is 1.81 bits per heavy atom. The summed E-state index contributed by atoms with van der Waals surface area (Å²) in [6.07, 6.45) is 0. The number of guanidine groups is 1. The molecule has 0 aromatic heterocycles. The molecule has 2 rings (SSSR count). The third kappa shape index (κ3) is 5.55. The summed E-state index contributed by atoms with van der Waals surface area (Å²) in [5.41, 5.74) is 0.616. The summed E-state index contributed by atoms with van der Waals surface area (Å²) in [7, 11) is -1.57. The third-order valence-electron chi connectivity index (χ3n) is 4.73. The Kier molecular flexibility index (Phi) is 7.85. The zero-order chi connectivity index (χ0) is 19.9. The van der Waals surface area contributed by atoms with Crippen molar-refractivity contribution in [3.8, 4) is 0 Å². The Morgan fingerprint density at radius 1 is 1.19 bits per heavy atom. The van der Waals surface area contributed by atoms with Crippen molar-refractivity contribution >= 4 is 21.7 Å². The molecule has 1 aliphatic rings. The Bertz CT molecular complexity index is 729. The fourth-order valence-electron chi connectivity index (χ4n) is 3.24. The zero-order valence-electron chi connectivity index (χ0n) is 16.4. The second-order valence-corrected chi connectivity index (χ2v) is 8.39. The molecule has 1 aromatic rings. The predicted molar refractivity (Wildman–Crippen MR) is 108 cm³/mol. The number of para-hydroxylation sites is 1. The molecule has 1 N–H and O–H groups in total. The second-order valence-electron chi connectivity index (χ2n) is 6.30. The highest BCUT2D eigenvalue weighted by atomic mass is 32.2. The molecule has 1 aromatic carbocycles. The number of hydrogen-bond donors (Lipinski definition) is 1. The molecular formula is C18H30FN5O2S. The van der Waals surface area contributed by atoms with Crippen molar-refractivity contribution in [3.63, 3.8) is 0 Å². The van der Waals surface area contributed by atoms with Crippen LogP contribution >= 0.6 is 0 Å². The quantitative estimate of drug-likeness (QED) is 0.551. The van der Waals surface area contributed by atoms with Gasteiger partial charge in [0.05, 0.1) is 11.4 Å². The van der Waals surface area contributed by atoms with E-state index in [0.717, 1.165) is 0 Å². The zero-order valence-corrected chi connectivity index (χ0v) is 17.2. The molecule has 0 aliphatic carbocycles. The van der Waals surface area contributed by atoms with E-state index in [0.29, 0.717) is 57.5 Å². The molecule has 0 atom stereocenters. The SMILES string of the molecule is CCN(CC)S(=O)(=O)CCNC(=NC)N1CCN(c2ccccc2F)CC1. The van der Waals surface area contributed by atoms with E-state index in [9.17, 15) is 12.8 Å². The minimum absolute atomic E-state index is 0.0306. The van der Waals surface area contributed by atoms with Crippen molar-refractivity contribution in [3.05, 3.63) is 30.1 Å². The van der Waals surface area contributed by atoms with Crippen LogP contribution in [0.2, 0.25) is 0 Å². The molecule has 0 spiro atoms. The first-order chi connectivity index (χ1) is 12.9. The van der Waals surface area contributed by atoms with Gasteiger partial charge in [-0.1, -0.05) is 26.0 Å². The molecule has 1 heterocycles. The van der Waals surface area contributed by atoms with Crippen LogP contribution < -0.4 is 10.2 Å². The molecule has 1 saturated heterocycles. The van der Waals surface area contributed by atoms with Gasteiger partial charge in [-0.2, -0.15) is 0 Å². The molecule has 9 heteroatoms. The Hall–Kier alpha value is -1.87. The summed E-state index contributed by atoms with van der Waals surface area (Å²) in [6.45, 7) is 7.67. The minimum atomic E-state index is -3.26. The van der Waals surface area contributed by atoms with Gasteiger partial charge in [0.2, 0.25) is 10.0 Å². The lowest BCUT2D eigenvalue weighted by molar-refractivity contribution is 0.371. The van der Waals surface area contributed by atoms with Crippen LogP contribution in [0, 0.1) is 5.82 Å². The van der Waals surface area contributed by atoms with Gasteiger partial charge in [0.15, 0.2) is 5.96 Å². The monoisotopic (exact) mass is 399 g/mol. The Morgan fingerprint density at radius 3 is 2.37 bits per heavy atom. The van der Waals surface area contributed by atoms with Gasteiger partial charge in [-0.05, 0) is 12.1 Å². The number of hydrogen-bond acceptors (Lipinski definition) is 4. The van der Waals surface area contributed by atoms with E-state index >= 15 is 0 Å². The van der Waals surface area contributed by atoms with E-state index < -0.39 is 10.0 Å². The van der Waals surface area contributed by atoms with Gasteiger partial charge in [-0.15, -0.1) is 0 Å². The van der Waals surface area contributed by atoms with Crippen LogP contribution in [0.3, 0.4) is 0 Å². The smallest absolute Gasteiger partial charge is 0.215 e. The second kappa shape index (κ2) is 9.89. The van der Waals surface area contributed by atoms with Crippen molar-refractivity contribution in [1.29, 1.82) is 0 Å². The van der Waals surface area contributed by atoms with Crippen LogP contribution in [0.5, 0.6) is 0 Å². The predicted octanol–water partition coefficient (Wildman–Crippen LogP) is 1.19. The third-order valence-corrected chi connectivity index (χ3v) is 6.75. The van der Waals surface area contributed by atoms with E-state index in [4.69, 9.17) is 0 Å². The van der Waals surface area contributed by atoms with Crippen molar-refractivity contribution in [1.82, 2.24) is 14.5 Å². The fourth-order valence-corrected chi connectivity index (χ4v) is 4.64. The van der Waals surface area contributed by atoms with Gasteiger partial charge in [-0.3, -0.25) is 4.99 Å². The molecule has 27 heavy (non-hydrogen) atoms. The highest BCUT2D eigenvalue weighted by molar-refractivity contribution is 7.89. The summed E-state index contributed by atoms with van der Waals surface area (Å²) in [4.78, 5) is 8.35. The van der Waals surface area contributed by atoms with Crippen LogP contribution in [-0.2, 0) is 10.0 Å². The standard InChI is InChI=1S/C18H30FN5O2S/c1-4-24(5-2)27(25,26)15-10-21-18(20-3)23-13-11-22(12-14-23)17-9-7-6-8-16(17)19/h6-9H,4-5,10-15H2,1-3H3,(H,20,21). The molecule has 1 fully saturated rings. The molecular weight excluding hydrogens is 369 g/mol. The van der Waals surface area contributed by atoms with Crippen molar-refractivity contribution in [2.75, 3.05) is 63.5 Å². The summed E-state index contributed by atoms with van der Waals surface area (Å²) in [5, 5.41) is 3.14. The van der Waals surface area contributed by atoms with Gasteiger partial charge < -0.3 is 15.1 Å². The highest BCUT2D eigenvalue weighted by Gasteiger charge is 2.22. The number of sulfonamides is 1. The maximum Gasteiger partial charge on any atom is 0.215 e. The van der Waals surface area contributed by atoms with Crippen LogP contribution in [0.25, 0.3) is 0 Å². The van der Waals surface area contributed by atoms with Crippen molar-refractivity contribution < 1.29 is 12.8 Å². The van der Waals surface area contributed by atoms with Gasteiger partial charge >= 0.3 is 0 Å². The van der Waals surface area contributed by atoms with Gasteiger partial charge in [0.1, 0.15) is 5.82 Å². The summed E-state index contributed by atoms with van der Waals surface area (Å²) in [5.74, 6) is 0.496. The summed E-state index contributed by atoms with van der Waals surface area (Å²) in [6, 6.07) is 6.78. The fraction of sp³-hybridized carbons (Fsp3) is 0.611. The first-order valence-electron chi connectivity index (χ1n) is 9.35. The minimum Gasteiger partial charge on any atom is -0.366 e. The van der Waals surface area contributed by atoms with E-state index in [2.05, 4.69) is 15.2 Å². The lowest BCUT2D eigenvalue weighted by Gasteiger charge is -2.37. The van der Waals surface area contributed by atoms with Crippen molar-refractivity contribution in [2.24, 2.45) is 4.99 Å². The number of aliphatic imine (C=N–C) groups is 1. The first-order valence-corrected chi connectivity index (χ1v) is 11.0. The van der Waals surface area contributed by atoms with Gasteiger partial charge in [0, 0.05) is 52.9 Å². The normalized spacial score (nSPS) is 16.1. The van der Waals surface area contributed by atoms with Gasteiger partial charge in [-0.25, -0.2) is 17.1 Å². The number of nitrogens with zero attached hydrogens (tertiary/aromatic N) is 4. The van der Waals surface area contributed by atoms with E-state index in [1.807, 2.05) is 24.8 Å². The number of benzene rings is 1.